The molecule has 1 unspecified atom stereocenters. The fourth-order valence-corrected chi connectivity index (χ4v) is 4.37. The van der Waals surface area contributed by atoms with Crippen LogP contribution in [0.2, 0.25) is 0 Å². The summed E-state index contributed by atoms with van der Waals surface area (Å²) in [7, 11) is -1.26. The van der Waals surface area contributed by atoms with Gasteiger partial charge in [0.15, 0.2) is 0 Å². The topological polar surface area (TPSA) is 9.23 Å². The Morgan fingerprint density at radius 1 is 0.952 bits per heavy atom. The highest BCUT2D eigenvalue weighted by Gasteiger charge is 2.31. The van der Waals surface area contributed by atoms with E-state index in [2.05, 4.69) is 75.9 Å². The van der Waals surface area contributed by atoms with Crippen molar-refractivity contribution in [3.63, 3.8) is 0 Å². The number of hydrogen-bond donors (Lipinski definition) is 0. The molecule has 2 rings (SSSR count). The normalized spacial score (nSPS) is 13.1. The molecule has 109 valence electrons. The van der Waals surface area contributed by atoms with Crippen LogP contribution in [0.4, 0.5) is 0 Å². The second-order valence-corrected chi connectivity index (χ2v) is 7.81. The second kappa shape index (κ2) is 6.88. The largest absolute Gasteiger partial charge is 0.402 e. The summed E-state index contributed by atoms with van der Waals surface area (Å²) < 4.78 is 6.59. The molecule has 0 saturated heterocycles. The van der Waals surface area contributed by atoms with Gasteiger partial charge in [0.25, 0.3) is 9.04 Å². The molecule has 1 radical (unpaired) electrons. The lowest BCUT2D eigenvalue weighted by Crippen LogP contribution is -2.51. The Labute approximate surface area is 130 Å². The minimum atomic E-state index is -1.26. The maximum Gasteiger partial charge on any atom is 0.283 e. The Kier molecular flexibility index (Phi) is 5.15. The zero-order chi connectivity index (χ0) is 15.3. The highest BCUT2D eigenvalue weighted by Crippen LogP contribution is 2.22. The third-order valence-corrected chi connectivity index (χ3v) is 6.33. The van der Waals surface area contributed by atoms with Crippen LogP contribution in [0.15, 0.2) is 73.3 Å². The minimum absolute atomic E-state index is 0.234. The molecule has 0 heterocycles. The SMILES string of the molecule is C=CC(C)C(C)(C)O[Si](c1ccccc1)c1ccccc1. The molecule has 2 aromatic rings. The first-order valence-electron chi connectivity index (χ1n) is 7.34. The summed E-state index contributed by atoms with van der Waals surface area (Å²) in [6.07, 6.45) is 1.97. The lowest BCUT2D eigenvalue weighted by Gasteiger charge is -2.34. The van der Waals surface area contributed by atoms with Crippen molar-refractivity contribution in [1.29, 1.82) is 0 Å². The molecule has 0 amide bonds. The van der Waals surface area contributed by atoms with E-state index in [1.54, 1.807) is 0 Å². The van der Waals surface area contributed by atoms with Crippen LogP contribution in [0, 0.1) is 5.92 Å². The maximum absolute atomic E-state index is 6.59. The van der Waals surface area contributed by atoms with Crippen molar-refractivity contribution >= 4 is 19.4 Å². The highest BCUT2D eigenvalue weighted by atomic mass is 28.3. The predicted molar refractivity (Wildman–Crippen MR) is 92.4 cm³/mol. The summed E-state index contributed by atoms with van der Waals surface area (Å²) in [5, 5.41) is 2.55. The average molecular weight is 295 g/mol. The molecule has 0 fully saturated rings. The molecule has 1 atom stereocenters. The van der Waals surface area contributed by atoms with Gasteiger partial charge in [-0.1, -0.05) is 73.7 Å². The molecule has 0 N–H and O–H groups in total. The summed E-state index contributed by atoms with van der Waals surface area (Å²) in [6.45, 7) is 10.4. The van der Waals surface area contributed by atoms with E-state index >= 15 is 0 Å². The number of benzene rings is 2. The Balaban J connectivity index is 2.36. The third-order valence-electron chi connectivity index (χ3n) is 3.89. The van der Waals surface area contributed by atoms with E-state index in [-0.39, 0.29) is 5.60 Å². The van der Waals surface area contributed by atoms with E-state index in [9.17, 15) is 0 Å². The smallest absolute Gasteiger partial charge is 0.283 e. The maximum atomic E-state index is 6.59. The predicted octanol–water partition coefficient (Wildman–Crippen LogP) is 3.41. The first-order chi connectivity index (χ1) is 10.0. The van der Waals surface area contributed by atoms with E-state index in [1.807, 2.05) is 18.2 Å². The van der Waals surface area contributed by atoms with Gasteiger partial charge in [-0.2, -0.15) is 0 Å². The lowest BCUT2D eigenvalue weighted by molar-refractivity contribution is 0.0750. The van der Waals surface area contributed by atoms with Crippen molar-refractivity contribution in [2.45, 2.75) is 26.4 Å². The van der Waals surface area contributed by atoms with E-state index in [4.69, 9.17) is 4.43 Å². The van der Waals surface area contributed by atoms with Crippen LogP contribution in [0.25, 0.3) is 0 Å². The van der Waals surface area contributed by atoms with Crippen molar-refractivity contribution in [2.24, 2.45) is 5.92 Å². The Morgan fingerprint density at radius 2 is 1.38 bits per heavy atom. The lowest BCUT2D eigenvalue weighted by atomic mass is 9.93. The number of rotatable bonds is 6. The first-order valence-corrected chi connectivity index (χ1v) is 8.75. The van der Waals surface area contributed by atoms with Gasteiger partial charge >= 0.3 is 0 Å². The van der Waals surface area contributed by atoms with Crippen LogP contribution in [0.3, 0.4) is 0 Å². The molecule has 0 bridgehead atoms. The standard InChI is InChI=1S/C19H23OSi/c1-5-16(2)19(3,4)20-21(17-12-8-6-9-13-17)18-14-10-7-11-15-18/h5-16H,1H2,2-4H3. The molecular formula is C19H23OSi. The first kappa shape index (κ1) is 15.7. The summed E-state index contributed by atoms with van der Waals surface area (Å²) in [6, 6.07) is 21.1. The van der Waals surface area contributed by atoms with E-state index < -0.39 is 9.04 Å². The summed E-state index contributed by atoms with van der Waals surface area (Å²) >= 11 is 0. The molecule has 0 aliphatic heterocycles. The minimum Gasteiger partial charge on any atom is -0.402 e. The highest BCUT2D eigenvalue weighted by molar-refractivity contribution is 6.80. The Morgan fingerprint density at radius 3 is 1.76 bits per heavy atom. The van der Waals surface area contributed by atoms with Gasteiger partial charge in [0, 0.05) is 5.92 Å². The average Bonchev–Trinajstić information content (AvgIpc) is 2.53. The quantitative estimate of drug-likeness (QED) is 0.586. The molecular weight excluding hydrogens is 272 g/mol. The van der Waals surface area contributed by atoms with Crippen molar-refractivity contribution in [2.75, 3.05) is 0 Å². The summed E-state index contributed by atoms with van der Waals surface area (Å²) in [4.78, 5) is 0. The van der Waals surface area contributed by atoms with Crippen LogP contribution in [-0.2, 0) is 4.43 Å². The van der Waals surface area contributed by atoms with Crippen molar-refractivity contribution < 1.29 is 4.43 Å². The summed E-state index contributed by atoms with van der Waals surface area (Å²) in [5.41, 5.74) is -0.234. The monoisotopic (exact) mass is 295 g/mol. The molecule has 0 saturated carbocycles. The fraction of sp³-hybridized carbons (Fsp3) is 0.263. The molecule has 0 aromatic heterocycles. The third kappa shape index (κ3) is 3.93. The van der Waals surface area contributed by atoms with Gasteiger partial charge in [0.2, 0.25) is 0 Å². The van der Waals surface area contributed by atoms with Gasteiger partial charge in [-0.05, 0) is 24.2 Å². The number of hydrogen-bond acceptors (Lipinski definition) is 1. The second-order valence-electron chi connectivity index (χ2n) is 5.79. The van der Waals surface area contributed by atoms with Gasteiger partial charge < -0.3 is 4.43 Å². The van der Waals surface area contributed by atoms with Gasteiger partial charge in [-0.15, -0.1) is 6.58 Å². The van der Waals surface area contributed by atoms with Crippen LogP contribution >= 0.6 is 0 Å². The van der Waals surface area contributed by atoms with E-state index in [0.29, 0.717) is 5.92 Å². The van der Waals surface area contributed by atoms with Crippen LogP contribution in [-0.4, -0.2) is 14.6 Å². The van der Waals surface area contributed by atoms with Gasteiger partial charge in [0.05, 0.1) is 5.60 Å². The van der Waals surface area contributed by atoms with Crippen molar-refractivity contribution in [3.05, 3.63) is 73.3 Å². The Bertz CT molecular complexity index is 523. The van der Waals surface area contributed by atoms with E-state index in [1.165, 1.54) is 10.4 Å². The van der Waals surface area contributed by atoms with Crippen LogP contribution in [0.1, 0.15) is 20.8 Å². The van der Waals surface area contributed by atoms with Gasteiger partial charge in [-0.25, -0.2) is 0 Å². The van der Waals surface area contributed by atoms with Crippen molar-refractivity contribution in [1.82, 2.24) is 0 Å². The van der Waals surface area contributed by atoms with Gasteiger partial charge in [-0.3, -0.25) is 0 Å². The Hall–Kier alpha value is -1.64. The van der Waals surface area contributed by atoms with Gasteiger partial charge in [0.1, 0.15) is 0 Å². The fourth-order valence-electron chi connectivity index (χ4n) is 2.10. The molecule has 21 heavy (non-hydrogen) atoms. The summed E-state index contributed by atoms with van der Waals surface area (Å²) in [5.74, 6) is 0.296. The molecule has 0 spiro atoms. The molecule has 0 aliphatic rings. The van der Waals surface area contributed by atoms with Crippen molar-refractivity contribution in [3.8, 4) is 0 Å². The zero-order valence-electron chi connectivity index (χ0n) is 13.0. The molecule has 1 nitrogen and oxygen atoms in total. The van der Waals surface area contributed by atoms with Crippen LogP contribution < -0.4 is 10.4 Å². The molecule has 0 aliphatic carbocycles. The molecule has 2 heteroatoms. The van der Waals surface area contributed by atoms with Crippen LogP contribution in [0.5, 0.6) is 0 Å². The molecule has 2 aromatic carbocycles. The van der Waals surface area contributed by atoms with E-state index in [0.717, 1.165) is 0 Å². The zero-order valence-corrected chi connectivity index (χ0v) is 14.0.